The molecule has 70 valence electrons. The van der Waals surface area contributed by atoms with Crippen molar-refractivity contribution in [2.24, 2.45) is 0 Å². The number of carbonyl (C=O) groups excluding carboxylic acids is 1. The molecule has 13 heavy (non-hydrogen) atoms. The SMILES string of the molecule is CCOc1c(C=O)cccc1OC. The summed E-state index contributed by atoms with van der Waals surface area (Å²) in [6, 6.07) is 5.21. The van der Waals surface area contributed by atoms with Crippen LogP contribution in [-0.2, 0) is 0 Å². The number of methoxy groups -OCH3 is 1. The lowest BCUT2D eigenvalue weighted by Crippen LogP contribution is -1.98. The van der Waals surface area contributed by atoms with Gasteiger partial charge in [-0.15, -0.1) is 0 Å². The molecular formula is C10H12O3. The van der Waals surface area contributed by atoms with E-state index in [9.17, 15) is 4.79 Å². The van der Waals surface area contributed by atoms with Crippen LogP contribution in [0.4, 0.5) is 0 Å². The van der Waals surface area contributed by atoms with Gasteiger partial charge in [-0.2, -0.15) is 0 Å². The fourth-order valence-corrected chi connectivity index (χ4v) is 1.09. The number of carbonyl (C=O) groups is 1. The summed E-state index contributed by atoms with van der Waals surface area (Å²) in [4.78, 5) is 10.6. The molecule has 0 aromatic heterocycles. The van der Waals surface area contributed by atoms with Crippen LogP contribution in [-0.4, -0.2) is 20.0 Å². The predicted molar refractivity (Wildman–Crippen MR) is 49.6 cm³/mol. The molecule has 3 nitrogen and oxygen atoms in total. The third-order valence-electron chi connectivity index (χ3n) is 1.64. The standard InChI is InChI=1S/C10H12O3/c1-3-13-10-8(7-11)5-4-6-9(10)12-2/h4-7H,3H2,1-2H3. The lowest BCUT2D eigenvalue weighted by Gasteiger charge is -2.10. The Morgan fingerprint density at radius 3 is 2.77 bits per heavy atom. The van der Waals surface area contributed by atoms with Crippen LogP contribution in [0.1, 0.15) is 17.3 Å². The number of ether oxygens (including phenoxy) is 2. The molecule has 0 amide bonds. The molecular weight excluding hydrogens is 168 g/mol. The van der Waals surface area contributed by atoms with Gasteiger partial charge < -0.3 is 9.47 Å². The number of benzene rings is 1. The second-order valence-electron chi connectivity index (χ2n) is 2.43. The largest absolute Gasteiger partial charge is 0.493 e. The Hall–Kier alpha value is -1.51. The molecule has 1 rings (SSSR count). The van der Waals surface area contributed by atoms with Gasteiger partial charge in [-0.3, -0.25) is 4.79 Å². The van der Waals surface area contributed by atoms with Crippen LogP contribution in [0.25, 0.3) is 0 Å². The van der Waals surface area contributed by atoms with E-state index in [4.69, 9.17) is 9.47 Å². The number of hydrogen-bond donors (Lipinski definition) is 0. The van der Waals surface area contributed by atoms with Crippen molar-refractivity contribution in [1.29, 1.82) is 0 Å². The first-order chi connectivity index (χ1) is 6.33. The van der Waals surface area contributed by atoms with E-state index < -0.39 is 0 Å². The first-order valence-corrected chi connectivity index (χ1v) is 4.08. The van der Waals surface area contributed by atoms with Crippen LogP contribution in [0.2, 0.25) is 0 Å². The average Bonchev–Trinajstić information content (AvgIpc) is 2.18. The van der Waals surface area contributed by atoms with Crippen LogP contribution in [0, 0.1) is 0 Å². The molecule has 0 bridgehead atoms. The molecule has 0 aliphatic heterocycles. The van der Waals surface area contributed by atoms with Gasteiger partial charge in [0.15, 0.2) is 17.8 Å². The molecule has 0 radical (unpaired) electrons. The maximum atomic E-state index is 10.6. The minimum atomic E-state index is 0.515. The Balaban J connectivity index is 3.12. The molecule has 3 heteroatoms. The second kappa shape index (κ2) is 4.50. The quantitative estimate of drug-likeness (QED) is 0.664. The maximum Gasteiger partial charge on any atom is 0.171 e. The van der Waals surface area contributed by atoms with Gasteiger partial charge in [-0.1, -0.05) is 6.07 Å². The van der Waals surface area contributed by atoms with Crippen molar-refractivity contribution in [3.8, 4) is 11.5 Å². The first-order valence-electron chi connectivity index (χ1n) is 4.08. The number of hydrogen-bond acceptors (Lipinski definition) is 3. The van der Waals surface area contributed by atoms with Gasteiger partial charge in [-0.05, 0) is 19.1 Å². The summed E-state index contributed by atoms with van der Waals surface area (Å²) in [5.74, 6) is 1.11. The van der Waals surface area contributed by atoms with Crippen molar-refractivity contribution in [2.75, 3.05) is 13.7 Å². The molecule has 1 aromatic rings. The van der Waals surface area contributed by atoms with E-state index in [-0.39, 0.29) is 0 Å². The van der Waals surface area contributed by atoms with Gasteiger partial charge in [0, 0.05) is 0 Å². The molecule has 0 unspecified atom stereocenters. The molecule has 0 fully saturated rings. The lowest BCUT2D eigenvalue weighted by molar-refractivity contribution is 0.111. The van der Waals surface area contributed by atoms with Crippen molar-refractivity contribution in [2.45, 2.75) is 6.92 Å². The highest BCUT2D eigenvalue weighted by Crippen LogP contribution is 2.29. The molecule has 0 atom stereocenters. The minimum Gasteiger partial charge on any atom is -0.493 e. The van der Waals surface area contributed by atoms with Gasteiger partial charge >= 0.3 is 0 Å². The van der Waals surface area contributed by atoms with E-state index in [0.29, 0.717) is 23.7 Å². The van der Waals surface area contributed by atoms with Gasteiger partial charge in [0.1, 0.15) is 0 Å². The van der Waals surface area contributed by atoms with Gasteiger partial charge in [-0.25, -0.2) is 0 Å². The predicted octanol–water partition coefficient (Wildman–Crippen LogP) is 1.91. The average molecular weight is 180 g/mol. The van der Waals surface area contributed by atoms with Crippen molar-refractivity contribution in [3.63, 3.8) is 0 Å². The number of rotatable bonds is 4. The van der Waals surface area contributed by atoms with E-state index in [0.717, 1.165) is 6.29 Å². The Morgan fingerprint density at radius 2 is 2.23 bits per heavy atom. The summed E-state index contributed by atoms with van der Waals surface area (Å²) < 4.78 is 10.4. The molecule has 0 spiro atoms. The van der Waals surface area contributed by atoms with Gasteiger partial charge in [0.2, 0.25) is 0 Å². The molecule has 0 aliphatic carbocycles. The highest BCUT2D eigenvalue weighted by atomic mass is 16.5. The summed E-state index contributed by atoms with van der Waals surface area (Å²) in [5, 5.41) is 0. The Morgan fingerprint density at radius 1 is 1.46 bits per heavy atom. The normalized spacial score (nSPS) is 9.38. The third-order valence-corrected chi connectivity index (χ3v) is 1.64. The molecule has 0 N–H and O–H groups in total. The van der Waals surface area contributed by atoms with Crippen LogP contribution >= 0.6 is 0 Å². The first kappa shape index (κ1) is 9.58. The van der Waals surface area contributed by atoms with E-state index >= 15 is 0 Å². The third kappa shape index (κ3) is 1.99. The Kier molecular flexibility index (Phi) is 3.31. The minimum absolute atomic E-state index is 0.515. The molecule has 1 aromatic carbocycles. The topological polar surface area (TPSA) is 35.5 Å². The lowest BCUT2D eigenvalue weighted by atomic mass is 10.2. The van der Waals surface area contributed by atoms with Crippen LogP contribution in [0.15, 0.2) is 18.2 Å². The monoisotopic (exact) mass is 180 g/mol. The summed E-state index contributed by atoms with van der Waals surface area (Å²) >= 11 is 0. The van der Waals surface area contributed by atoms with Crippen molar-refractivity contribution in [3.05, 3.63) is 23.8 Å². The van der Waals surface area contributed by atoms with E-state index in [1.165, 1.54) is 0 Å². The Labute approximate surface area is 77.3 Å². The zero-order valence-corrected chi connectivity index (χ0v) is 7.74. The summed E-state index contributed by atoms with van der Waals surface area (Å²) in [6.45, 7) is 2.38. The van der Waals surface area contributed by atoms with Crippen LogP contribution < -0.4 is 9.47 Å². The second-order valence-corrected chi connectivity index (χ2v) is 2.43. The molecule has 0 saturated heterocycles. The van der Waals surface area contributed by atoms with Gasteiger partial charge in [0.05, 0.1) is 19.3 Å². The fourth-order valence-electron chi connectivity index (χ4n) is 1.09. The number of aldehydes is 1. The van der Waals surface area contributed by atoms with E-state index in [2.05, 4.69) is 0 Å². The van der Waals surface area contributed by atoms with Crippen LogP contribution in [0.3, 0.4) is 0 Å². The van der Waals surface area contributed by atoms with Gasteiger partial charge in [0.25, 0.3) is 0 Å². The number of para-hydroxylation sites is 1. The van der Waals surface area contributed by atoms with Crippen molar-refractivity contribution < 1.29 is 14.3 Å². The Bertz CT molecular complexity index is 294. The highest BCUT2D eigenvalue weighted by molar-refractivity contribution is 5.81. The molecule has 0 heterocycles. The summed E-state index contributed by atoms with van der Waals surface area (Å²) in [5.41, 5.74) is 0.515. The van der Waals surface area contributed by atoms with E-state index in [1.807, 2.05) is 6.92 Å². The zero-order chi connectivity index (χ0) is 9.68. The fraction of sp³-hybridized carbons (Fsp3) is 0.300. The smallest absolute Gasteiger partial charge is 0.171 e. The van der Waals surface area contributed by atoms with Crippen molar-refractivity contribution >= 4 is 6.29 Å². The van der Waals surface area contributed by atoms with Crippen LogP contribution in [0.5, 0.6) is 11.5 Å². The summed E-state index contributed by atoms with van der Waals surface area (Å²) in [6.07, 6.45) is 0.757. The highest BCUT2D eigenvalue weighted by Gasteiger charge is 2.08. The maximum absolute atomic E-state index is 10.6. The van der Waals surface area contributed by atoms with E-state index in [1.54, 1.807) is 25.3 Å². The summed E-state index contributed by atoms with van der Waals surface area (Å²) in [7, 11) is 1.55. The van der Waals surface area contributed by atoms with Crippen molar-refractivity contribution in [1.82, 2.24) is 0 Å². The molecule has 0 aliphatic rings. The zero-order valence-electron chi connectivity index (χ0n) is 7.74. The molecule has 0 saturated carbocycles.